The van der Waals surface area contributed by atoms with E-state index in [1.165, 1.54) is 0 Å². The van der Waals surface area contributed by atoms with Crippen LogP contribution in [0.4, 0.5) is 0 Å². The molecule has 0 bridgehead atoms. The number of benzene rings is 2. The lowest BCUT2D eigenvalue weighted by atomic mass is 10.1. The monoisotopic (exact) mass is 281 g/mol. The molecular formula is C14H13Cl2NO. The van der Waals surface area contributed by atoms with Gasteiger partial charge in [-0.3, -0.25) is 0 Å². The summed E-state index contributed by atoms with van der Waals surface area (Å²) in [5, 5.41) is 1.28. The van der Waals surface area contributed by atoms with E-state index >= 15 is 0 Å². The molecule has 0 heterocycles. The van der Waals surface area contributed by atoms with Crippen molar-refractivity contribution >= 4 is 23.2 Å². The second-order valence-electron chi connectivity index (χ2n) is 3.82. The van der Waals surface area contributed by atoms with Gasteiger partial charge in [0.25, 0.3) is 0 Å². The van der Waals surface area contributed by atoms with Crippen LogP contribution in [0.3, 0.4) is 0 Å². The first-order chi connectivity index (χ1) is 8.70. The summed E-state index contributed by atoms with van der Waals surface area (Å²) in [5.74, 6) is 0.679. The van der Waals surface area contributed by atoms with E-state index in [1.54, 1.807) is 12.1 Å². The van der Waals surface area contributed by atoms with Gasteiger partial charge in [0.1, 0.15) is 11.9 Å². The van der Waals surface area contributed by atoms with Crippen LogP contribution >= 0.6 is 23.2 Å². The molecule has 94 valence electrons. The summed E-state index contributed by atoms with van der Waals surface area (Å²) in [6, 6.07) is 14.7. The second-order valence-corrected chi connectivity index (χ2v) is 4.66. The third kappa shape index (κ3) is 3.16. The molecule has 0 aliphatic carbocycles. The molecule has 0 aliphatic rings. The predicted molar refractivity (Wildman–Crippen MR) is 75.3 cm³/mol. The smallest absolute Gasteiger partial charge is 0.137 e. The van der Waals surface area contributed by atoms with E-state index in [0.717, 1.165) is 5.56 Å². The highest BCUT2D eigenvalue weighted by molar-refractivity contribution is 6.31. The maximum atomic E-state index is 6.13. The third-order valence-electron chi connectivity index (χ3n) is 2.54. The molecule has 0 spiro atoms. The molecule has 0 amide bonds. The molecule has 0 saturated heterocycles. The van der Waals surface area contributed by atoms with Gasteiger partial charge in [0.05, 0.1) is 0 Å². The van der Waals surface area contributed by atoms with Gasteiger partial charge < -0.3 is 10.5 Å². The number of ether oxygens (including phenoxy) is 1. The number of rotatable bonds is 4. The Morgan fingerprint density at radius 3 is 2.50 bits per heavy atom. The maximum absolute atomic E-state index is 6.13. The van der Waals surface area contributed by atoms with E-state index in [1.807, 2.05) is 36.4 Å². The van der Waals surface area contributed by atoms with Gasteiger partial charge in [-0.1, -0.05) is 47.5 Å². The quantitative estimate of drug-likeness (QED) is 0.917. The van der Waals surface area contributed by atoms with Crippen molar-refractivity contribution in [3.63, 3.8) is 0 Å². The summed E-state index contributed by atoms with van der Waals surface area (Å²) in [7, 11) is 0. The maximum Gasteiger partial charge on any atom is 0.137 e. The molecular weight excluding hydrogens is 269 g/mol. The highest BCUT2D eigenvalue weighted by atomic mass is 35.5. The molecule has 0 aromatic heterocycles. The zero-order valence-electron chi connectivity index (χ0n) is 9.64. The fraction of sp³-hybridized carbons (Fsp3) is 0.143. The molecule has 0 radical (unpaired) electrons. The highest BCUT2D eigenvalue weighted by Gasteiger charge is 2.14. The number of halogens is 2. The van der Waals surface area contributed by atoms with E-state index in [-0.39, 0.29) is 6.10 Å². The summed E-state index contributed by atoms with van der Waals surface area (Å²) in [5.41, 5.74) is 6.62. The summed E-state index contributed by atoms with van der Waals surface area (Å²) in [6.45, 7) is 0.343. The zero-order chi connectivity index (χ0) is 13.0. The van der Waals surface area contributed by atoms with Crippen LogP contribution in [0.5, 0.6) is 5.75 Å². The van der Waals surface area contributed by atoms with E-state index in [4.69, 9.17) is 33.7 Å². The van der Waals surface area contributed by atoms with Crippen molar-refractivity contribution < 1.29 is 4.74 Å². The number of hydrogen-bond donors (Lipinski definition) is 1. The SMILES string of the molecule is NCC(Oc1cccc(Cl)c1)c1ccccc1Cl. The average Bonchev–Trinajstić information content (AvgIpc) is 2.37. The predicted octanol–water partition coefficient (Wildman–Crippen LogP) is 4.07. The van der Waals surface area contributed by atoms with E-state index in [2.05, 4.69) is 0 Å². The normalized spacial score (nSPS) is 12.2. The highest BCUT2D eigenvalue weighted by Crippen LogP contribution is 2.27. The summed E-state index contributed by atoms with van der Waals surface area (Å²) >= 11 is 12.0. The lowest BCUT2D eigenvalue weighted by Crippen LogP contribution is -2.18. The van der Waals surface area contributed by atoms with Crippen LogP contribution in [-0.4, -0.2) is 6.54 Å². The Morgan fingerprint density at radius 1 is 1.06 bits per heavy atom. The molecule has 0 saturated carbocycles. The second kappa shape index (κ2) is 6.10. The van der Waals surface area contributed by atoms with Crippen LogP contribution in [0.2, 0.25) is 10.0 Å². The van der Waals surface area contributed by atoms with Gasteiger partial charge in [0.15, 0.2) is 0 Å². The molecule has 2 N–H and O–H groups in total. The summed E-state index contributed by atoms with van der Waals surface area (Å²) in [4.78, 5) is 0. The fourth-order valence-electron chi connectivity index (χ4n) is 1.68. The lowest BCUT2D eigenvalue weighted by molar-refractivity contribution is 0.214. The molecule has 0 fully saturated rings. The van der Waals surface area contributed by atoms with Gasteiger partial charge in [-0.05, 0) is 24.3 Å². The minimum Gasteiger partial charge on any atom is -0.484 e. The Labute approximate surface area is 116 Å². The van der Waals surface area contributed by atoms with E-state index < -0.39 is 0 Å². The van der Waals surface area contributed by atoms with Crippen molar-refractivity contribution in [1.82, 2.24) is 0 Å². The van der Waals surface area contributed by atoms with Crippen LogP contribution in [0.1, 0.15) is 11.7 Å². The van der Waals surface area contributed by atoms with Crippen molar-refractivity contribution in [2.24, 2.45) is 5.73 Å². The fourth-order valence-corrected chi connectivity index (χ4v) is 2.12. The molecule has 0 aliphatic heterocycles. The standard InChI is InChI=1S/C14H13Cl2NO/c15-10-4-3-5-11(8-10)18-14(9-17)12-6-1-2-7-13(12)16/h1-8,14H,9,17H2. The van der Waals surface area contributed by atoms with Crippen molar-refractivity contribution in [2.75, 3.05) is 6.54 Å². The van der Waals surface area contributed by atoms with Crippen LogP contribution < -0.4 is 10.5 Å². The van der Waals surface area contributed by atoms with Crippen molar-refractivity contribution in [1.29, 1.82) is 0 Å². The lowest BCUT2D eigenvalue weighted by Gasteiger charge is -2.19. The molecule has 2 aromatic rings. The van der Waals surface area contributed by atoms with Crippen LogP contribution in [0.15, 0.2) is 48.5 Å². The van der Waals surface area contributed by atoms with Crippen molar-refractivity contribution in [3.8, 4) is 5.75 Å². The summed E-state index contributed by atoms with van der Waals surface area (Å²) in [6.07, 6.45) is -0.280. The molecule has 4 heteroatoms. The molecule has 2 rings (SSSR count). The molecule has 18 heavy (non-hydrogen) atoms. The first-order valence-electron chi connectivity index (χ1n) is 5.57. The van der Waals surface area contributed by atoms with Crippen LogP contribution in [0.25, 0.3) is 0 Å². The average molecular weight is 282 g/mol. The largest absolute Gasteiger partial charge is 0.484 e. The Kier molecular flexibility index (Phi) is 4.48. The van der Waals surface area contributed by atoms with Crippen LogP contribution in [-0.2, 0) is 0 Å². The van der Waals surface area contributed by atoms with E-state index in [0.29, 0.717) is 22.3 Å². The minimum absolute atomic E-state index is 0.280. The molecule has 2 aromatic carbocycles. The number of hydrogen-bond acceptors (Lipinski definition) is 2. The Morgan fingerprint density at radius 2 is 1.83 bits per heavy atom. The van der Waals surface area contributed by atoms with Gasteiger partial charge in [0, 0.05) is 22.2 Å². The number of nitrogens with two attached hydrogens (primary N) is 1. The Balaban J connectivity index is 2.23. The molecule has 1 atom stereocenters. The first-order valence-corrected chi connectivity index (χ1v) is 6.33. The van der Waals surface area contributed by atoms with Gasteiger partial charge in [0.2, 0.25) is 0 Å². The first kappa shape index (κ1) is 13.2. The topological polar surface area (TPSA) is 35.2 Å². The third-order valence-corrected chi connectivity index (χ3v) is 3.12. The van der Waals surface area contributed by atoms with Gasteiger partial charge in [-0.25, -0.2) is 0 Å². The van der Waals surface area contributed by atoms with E-state index in [9.17, 15) is 0 Å². The zero-order valence-corrected chi connectivity index (χ0v) is 11.2. The summed E-state index contributed by atoms with van der Waals surface area (Å²) < 4.78 is 5.82. The molecule has 2 nitrogen and oxygen atoms in total. The Hall–Kier alpha value is -1.22. The van der Waals surface area contributed by atoms with Gasteiger partial charge in [-0.15, -0.1) is 0 Å². The van der Waals surface area contributed by atoms with Crippen molar-refractivity contribution in [3.05, 3.63) is 64.1 Å². The van der Waals surface area contributed by atoms with Crippen molar-refractivity contribution in [2.45, 2.75) is 6.10 Å². The van der Waals surface area contributed by atoms with Crippen LogP contribution in [0, 0.1) is 0 Å². The van der Waals surface area contributed by atoms with Gasteiger partial charge >= 0.3 is 0 Å². The van der Waals surface area contributed by atoms with Gasteiger partial charge in [-0.2, -0.15) is 0 Å². The molecule has 1 unspecified atom stereocenters. The minimum atomic E-state index is -0.280. The Bertz CT molecular complexity index is 531.